The first-order valence-corrected chi connectivity index (χ1v) is 9.95. The van der Waals surface area contributed by atoms with E-state index in [0.717, 1.165) is 12.1 Å². The van der Waals surface area contributed by atoms with Crippen LogP contribution >= 0.6 is 0 Å². The predicted octanol–water partition coefficient (Wildman–Crippen LogP) is 5.07. The Balaban J connectivity index is 2.46. The van der Waals surface area contributed by atoms with Gasteiger partial charge in [-0.15, -0.1) is 0 Å². The van der Waals surface area contributed by atoms with Crippen molar-refractivity contribution in [1.82, 2.24) is 4.98 Å². The Morgan fingerprint density at radius 1 is 1.10 bits per heavy atom. The van der Waals surface area contributed by atoms with Crippen molar-refractivity contribution in [2.75, 3.05) is 4.90 Å². The van der Waals surface area contributed by atoms with Gasteiger partial charge in [-0.25, -0.2) is 14.2 Å². The van der Waals surface area contributed by atoms with E-state index in [4.69, 9.17) is 4.74 Å². The van der Waals surface area contributed by atoms with Gasteiger partial charge in [0, 0.05) is 23.4 Å². The van der Waals surface area contributed by atoms with Crippen LogP contribution < -0.4 is 4.90 Å². The number of ether oxygens (including phenoxy) is 1. The van der Waals surface area contributed by atoms with E-state index in [0.29, 0.717) is 0 Å². The average molecular weight is 429 g/mol. The molecule has 1 atom stereocenters. The number of ketones is 1. The highest BCUT2D eigenvalue weighted by atomic mass is 19.1. The van der Waals surface area contributed by atoms with Crippen LogP contribution in [0.5, 0.6) is 0 Å². The zero-order valence-corrected chi connectivity index (χ0v) is 18.6. The predicted molar refractivity (Wildman–Crippen MR) is 116 cm³/mol. The van der Waals surface area contributed by atoms with Crippen LogP contribution in [0, 0.1) is 11.7 Å². The molecule has 8 heteroatoms. The van der Waals surface area contributed by atoms with Crippen LogP contribution in [-0.2, 0) is 4.74 Å². The maximum atomic E-state index is 13.2. The lowest BCUT2D eigenvalue weighted by atomic mass is 10.0. The molecule has 0 saturated carbocycles. The van der Waals surface area contributed by atoms with Gasteiger partial charge in [-0.1, -0.05) is 19.0 Å². The molecule has 0 aliphatic heterocycles. The summed E-state index contributed by atoms with van der Waals surface area (Å²) in [6.07, 6.45) is 0.837. The number of carbonyl (C=O) groups excluding carboxylic acids is 2. The van der Waals surface area contributed by atoms with E-state index in [2.05, 4.69) is 10.1 Å². The first kappa shape index (κ1) is 24.0. The molecule has 1 N–H and O–H groups in total. The molecule has 1 aromatic carbocycles. The third-order valence-electron chi connectivity index (χ3n) is 4.65. The van der Waals surface area contributed by atoms with E-state index in [1.165, 1.54) is 35.4 Å². The second-order valence-corrected chi connectivity index (χ2v) is 8.52. The fourth-order valence-corrected chi connectivity index (χ4v) is 2.75. The van der Waals surface area contributed by atoms with Crippen molar-refractivity contribution >= 4 is 23.4 Å². The number of halogens is 1. The lowest BCUT2D eigenvalue weighted by Crippen LogP contribution is -2.45. The minimum Gasteiger partial charge on any atom is -0.443 e. The van der Waals surface area contributed by atoms with Gasteiger partial charge in [-0.2, -0.15) is 0 Å². The van der Waals surface area contributed by atoms with Crippen LogP contribution in [-0.4, -0.2) is 39.4 Å². The number of oxime groups is 1. The van der Waals surface area contributed by atoms with Crippen molar-refractivity contribution in [3.8, 4) is 0 Å². The van der Waals surface area contributed by atoms with Gasteiger partial charge in [-0.05, 0) is 70.0 Å². The second kappa shape index (κ2) is 9.68. The molecule has 0 aliphatic rings. The minimum atomic E-state index is -0.708. The number of rotatable bonds is 6. The minimum absolute atomic E-state index is 0.0878. The number of amides is 1. The Hall–Kier alpha value is -3.29. The number of hydrogen-bond acceptors (Lipinski definition) is 6. The van der Waals surface area contributed by atoms with Crippen LogP contribution in [0.2, 0.25) is 0 Å². The van der Waals surface area contributed by atoms with Crippen LogP contribution in [0.1, 0.15) is 57.5 Å². The van der Waals surface area contributed by atoms with Crippen molar-refractivity contribution in [1.29, 1.82) is 0 Å². The van der Waals surface area contributed by atoms with Crippen LogP contribution in [0.15, 0.2) is 47.8 Å². The fourth-order valence-electron chi connectivity index (χ4n) is 2.75. The zero-order valence-electron chi connectivity index (χ0n) is 18.6. The second-order valence-electron chi connectivity index (χ2n) is 8.52. The van der Waals surface area contributed by atoms with Gasteiger partial charge in [0.25, 0.3) is 0 Å². The molecule has 7 nitrogen and oxygen atoms in total. The lowest BCUT2D eigenvalue weighted by Gasteiger charge is -2.33. The molecule has 2 aromatic rings. The van der Waals surface area contributed by atoms with E-state index >= 15 is 0 Å². The summed E-state index contributed by atoms with van der Waals surface area (Å²) in [4.78, 5) is 31.4. The largest absolute Gasteiger partial charge is 0.443 e. The Kier molecular flexibility index (Phi) is 7.49. The molecule has 31 heavy (non-hydrogen) atoms. The fraction of sp³-hybridized carbons (Fsp3) is 0.391. The van der Waals surface area contributed by atoms with Gasteiger partial charge in [0.05, 0.1) is 0 Å². The molecule has 0 saturated heterocycles. The summed E-state index contributed by atoms with van der Waals surface area (Å²) in [6, 6.07) is 7.62. The quantitative estimate of drug-likeness (QED) is 0.300. The Bertz CT molecular complexity index is 966. The van der Waals surface area contributed by atoms with Crippen LogP contribution in [0.3, 0.4) is 0 Å². The maximum absolute atomic E-state index is 13.2. The third-order valence-corrected chi connectivity index (χ3v) is 4.65. The molecule has 1 aromatic heterocycles. The summed E-state index contributed by atoms with van der Waals surface area (Å²) in [5.74, 6) is -0.743. The third kappa shape index (κ3) is 6.10. The molecule has 1 unspecified atom stereocenters. The van der Waals surface area contributed by atoms with Gasteiger partial charge >= 0.3 is 6.09 Å². The Morgan fingerprint density at radius 2 is 1.71 bits per heavy atom. The number of benzene rings is 1. The zero-order chi connectivity index (χ0) is 23.3. The molecule has 0 fully saturated rings. The molecule has 0 spiro atoms. The number of hydrogen-bond donors (Lipinski definition) is 1. The number of aromatic nitrogens is 1. The molecule has 2 rings (SSSR count). The molecule has 0 radical (unpaired) electrons. The molecule has 0 bridgehead atoms. The van der Waals surface area contributed by atoms with Gasteiger partial charge in [0.2, 0.25) is 5.78 Å². The van der Waals surface area contributed by atoms with Crippen molar-refractivity contribution in [2.45, 2.75) is 53.2 Å². The summed E-state index contributed by atoms with van der Waals surface area (Å²) in [7, 11) is 0. The summed E-state index contributed by atoms with van der Waals surface area (Å²) in [6.45, 7) is 11.1. The SMILES string of the molecule is CC(C)C(C)N(C(=O)OC(C)(C)C)c1cc(/C(=N\O)C(=O)c2ccc(F)cc2)ccn1. The molecule has 0 aliphatic carbocycles. The summed E-state index contributed by atoms with van der Waals surface area (Å²) >= 11 is 0. The monoisotopic (exact) mass is 429 g/mol. The lowest BCUT2D eigenvalue weighted by molar-refractivity contribution is 0.0558. The van der Waals surface area contributed by atoms with Gasteiger partial charge < -0.3 is 9.94 Å². The van der Waals surface area contributed by atoms with Crippen molar-refractivity contribution in [3.05, 3.63) is 59.5 Å². The smallest absolute Gasteiger partial charge is 0.416 e. The normalized spacial score (nSPS) is 13.1. The van der Waals surface area contributed by atoms with Crippen LogP contribution in [0.25, 0.3) is 0 Å². The molecular formula is C23H28FN3O4. The highest BCUT2D eigenvalue weighted by Gasteiger charge is 2.30. The maximum Gasteiger partial charge on any atom is 0.416 e. The highest BCUT2D eigenvalue weighted by molar-refractivity contribution is 6.51. The van der Waals surface area contributed by atoms with E-state index < -0.39 is 23.3 Å². The number of carbonyl (C=O) groups is 2. The van der Waals surface area contributed by atoms with Crippen molar-refractivity contribution in [3.63, 3.8) is 0 Å². The van der Waals surface area contributed by atoms with Crippen molar-refractivity contribution < 1.29 is 23.9 Å². The van der Waals surface area contributed by atoms with Gasteiger partial charge in [0.1, 0.15) is 17.2 Å². The summed E-state index contributed by atoms with van der Waals surface area (Å²) in [5, 5.41) is 12.7. The van der Waals surface area contributed by atoms with E-state index in [9.17, 15) is 19.2 Å². The molecule has 1 amide bonds. The summed E-state index contributed by atoms with van der Waals surface area (Å²) in [5.41, 5.74) is -0.546. The molecule has 1 heterocycles. The number of pyridine rings is 1. The Labute approximate surface area is 181 Å². The molecule has 166 valence electrons. The van der Waals surface area contributed by atoms with E-state index in [1.807, 2.05) is 20.8 Å². The van der Waals surface area contributed by atoms with Gasteiger partial charge in [-0.3, -0.25) is 9.69 Å². The van der Waals surface area contributed by atoms with E-state index in [1.54, 1.807) is 20.8 Å². The standard InChI is InChI=1S/C23H28FN3O4/c1-14(2)15(3)27(22(29)31-23(4,5)6)19-13-17(11-12-25-19)20(26-30)21(28)16-7-9-18(24)10-8-16/h7-15,30H,1-6H3/b26-20+. The first-order chi connectivity index (χ1) is 14.4. The number of Topliss-reactive ketones (excluding diaryl/α,β-unsaturated/α-hetero) is 1. The average Bonchev–Trinajstić information content (AvgIpc) is 2.68. The summed E-state index contributed by atoms with van der Waals surface area (Å²) < 4.78 is 18.7. The number of nitrogens with zero attached hydrogens (tertiary/aromatic N) is 3. The molecular weight excluding hydrogens is 401 g/mol. The van der Waals surface area contributed by atoms with Crippen LogP contribution in [0.4, 0.5) is 15.0 Å². The first-order valence-electron chi connectivity index (χ1n) is 9.95. The highest BCUT2D eigenvalue weighted by Crippen LogP contribution is 2.24. The van der Waals surface area contributed by atoms with E-state index in [-0.39, 0.29) is 34.6 Å². The van der Waals surface area contributed by atoms with Gasteiger partial charge in [0.15, 0.2) is 5.71 Å². The Morgan fingerprint density at radius 3 is 2.23 bits per heavy atom. The van der Waals surface area contributed by atoms with Crippen molar-refractivity contribution in [2.24, 2.45) is 11.1 Å². The number of anilines is 1. The topological polar surface area (TPSA) is 92.1 Å².